The van der Waals surface area contributed by atoms with Crippen molar-refractivity contribution in [1.82, 2.24) is 9.80 Å². The molecule has 0 unspecified atom stereocenters. The molecule has 2 nitrogen and oxygen atoms in total. The molecule has 1 saturated heterocycles. The first-order valence-corrected chi connectivity index (χ1v) is 5.89. The average molecular weight is 309 g/mol. The van der Waals surface area contributed by atoms with Crippen LogP contribution in [0.2, 0.25) is 0 Å². The molecule has 1 heterocycles. The number of piperazine rings is 1. The van der Waals surface area contributed by atoms with E-state index in [1.807, 2.05) is 0 Å². The summed E-state index contributed by atoms with van der Waals surface area (Å²) in [4.78, 5) is 2.59. The molecule has 0 aromatic heterocycles. The summed E-state index contributed by atoms with van der Waals surface area (Å²) in [6.45, 7) is 0.509. The molecule has 1 aliphatic carbocycles. The summed E-state index contributed by atoms with van der Waals surface area (Å²) in [6.07, 6.45) is 0. The first kappa shape index (κ1) is 14.8. The molecule has 110 valence electrons. The third kappa shape index (κ3) is 1.83. The minimum Gasteiger partial charge on any atom is -0.366 e. The van der Waals surface area contributed by atoms with Crippen molar-refractivity contribution in [3.8, 4) is 0 Å². The van der Waals surface area contributed by atoms with Crippen molar-refractivity contribution < 1.29 is 26.3 Å². The Morgan fingerprint density at radius 3 is 1.74 bits per heavy atom. The summed E-state index contributed by atoms with van der Waals surface area (Å²) < 4.78 is 80.0. The van der Waals surface area contributed by atoms with Crippen LogP contribution < -0.4 is 0 Å². The topological polar surface area (TPSA) is 6.48 Å². The monoisotopic (exact) mass is 308 g/mol. The fourth-order valence-electron chi connectivity index (χ4n) is 2.14. The second kappa shape index (κ2) is 4.18. The Bertz CT molecular complexity index is 414. The van der Waals surface area contributed by atoms with Crippen LogP contribution in [0.5, 0.6) is 0 Å². The number of nitrogens with zero attached hydrogens (tertiary/aromatic N) is 2. The highest BCUT2D eigenvalue weighted by Crippen LogP contribution is 2.60. The number of alkyl halides is 6. The molecule has 0 radical (unpaired) electrons. The van der Waals surface area contributed by atoms with Crippen molar-refractivity contribution in [3.05, 3.63) is 10.7 Å². The highest BCUT2D eigenvalue weighted by molar-refractivity contribution is 6.31. The van der Waals surface area contributed by atoms with Crippen LogP contribution in [0.1, 0.15) is 0 Å². The van der Waals surface area contributed by atoms with Crippen LogP contribution in [0.15, 0.2) is 10.7 Å². The number of allylic oxidation sites excluding steroid dienone is 2. The lowest BCUT2D eigenvalue weighted by atomic mass is 10.1. The first-order chi connectivity index (χ1) is 8.53. The van der Waals surface area contributed by atoms with Crippen molar-refractivity contribution >= 4 is 11.6 Å². The van der Waals surface area contributed by atoms with Crippen LogP contribution in [-0.4, -0.2) is 60.8 Å². The first-order valence-electron chi connectivity index (χ1n) is 5.51. The van der Waals surface area contributed by atoms with E-state index in [0.29, 0.717) is 13.1 Å². The van der Waals surface area contributed by atoms with Crippen molar-refractivity contribution in [2.45, 2.75) is 17.8 Å². The molecule has 1 fully saturated rings. The Hall–Kier alpha value is -0.630. The number of hydrogen-bond acceptors (Lipinski definition) is 2. The normalized spacial score (nSPS) is 30.0. The molecule has 0 atom stereocenters. The van der Waals surface area contributed by atoms with Crippen molar-refractivity contribution in [3.63, 3.8) is 0 Å². The Morgan fingerprint density at radius 2 is 1.37 bits per heavy atom. The summed E-state index contributed by atoms with van der Waals surface area (Å²) in [5, 5.41) is -1.76. The minimum atomic E-state index is -5.50. The fraction of sp³-hybridized carbons (Fsp3) is 0.800. The van der Waals surface area contributed by atoms with Gasteiger partial charge in [0.15, 0.2) is 0 Å². The Balaban J connectivity index is 2.41. The Morgan fingerprint density at radius 1 is 0.895 bits per heavy atom. The van der Waals surface area contributed by atoms with Crippen molar-refractivity contribution in [2.75, 3.05) is 33.2 Å². The number of rotatable bonds is 1. The van der Waals surface area contributed by atoms with E-state index in [1.165, 1.54) is 0 Å². The lowest BCUT2D eigenvalue weighted by molar-refractivity contribution is -0.267. The van der Waals surface area contributed by atoms with Gasteiger partial charge < -0.3 is 9.80 Å². The zero-order valence-corrected chi connectivity index (χ0v) is 10.6. The number of halogens is 7. The summed E-state index contributed by atoms with van der Waals surface area (Å²) in [5.74, 6) is -15.5. The fourth-order valence-corrected chi connectivity index (χ4v) is 2.49. The van der Waals surface area contributed by atoms with E-state index in [0.717, 1.165) is 4.90 Å². The molecule has 2 aliphatic rings. The SMILES string of the molecule is CN1CCN(C2=C(Cl)C(F)(F)C(F)(F)C2(F)F)CC1. The summed E-state index contributed by atoms with van der Waals surface area (Å²) >= 11 is 5.12. The molecule has 2 rings (SSSR count). The molecule has 0 saturated carbocycles. The molecule has 0 spiro atoms. The van der Waals surface area contributed by atoms with Gasteiger partial charge in [-0.15, -0.1) is 0 Å². The molecule has 0 aromatic rings. The van der Waals surface area contributed by atoms with Gasteiger partial charge in [-0.3, -0.25) is 0 Å². The molecular weight excluding hydrogens is 298 g/mol. The molecule has 19 heavy (non-hydrogen) atoms. The van der Waals surface area contributed by atoms with Gasteiger partial charge in [0.1, 0.15) is 10.7 Å². The lowest BCUT2D eigenvalue weighted by Crippen LogP contribution is -2.52. The maximum atomic E-state index is 13.6. The second-order valence-corrected chi connectivity index (χ2v) is 5.05. The zero-order chi connectivity index (χ0) is 14.6. The predicted octanol–water partition coefficient (Wildman–Crippen LogP) is 2.60. The summed E-state index contributed by atoms with van der Waals surface area (Å²) in [5.41, 5.74) is -1.45. The van der Waals surface area contributed by atoms with E-state index in [4.69, 9.17) is 11.6 Å². The maximum absolute atomic E-state index is 13.6. The molecule has 0 N–H and O–H groups in total. The van der Waals surface area contributed by atoms with Gasteiger partial charge in [0, 0.05) is 26.2 Å². The Kier molecular flexibility index (Phi) is 3.25. The number of likely N-dealkylation sites (N-methyl/N-ethyl adjacent to an activating group) is 1. The van der Waals surface area contributed by atoms with Gasteiger partial charge in [0.05, 0.1) is 0 Å². The minimum absolute atomic E-state index is 0.0518. The van der Waals surface area contributed by atoms with Gasteiger partial charge in [-0.25, -0.2) is 0 Å². The van der Waals surface area contributed by atoms with Crippen molar-refractivity contribution in [1.29, 1.82) is 0 Å². The zero-order valence-electron chi connectivity index (χ0n) is 9.87. The standard InChI is InChI=1S/C10H11ClF6N2/c1-18-2-4-19(5-3-18)7-6(11)8(12,13)10(16,17)9(7,14)15/h2-5H2,1H3. The highest BCUT2D eigenvalue weighted by Gasteiger charge is 2.81. The van der Waals surface area contributed by atoms with Gasteiger partial charge in [-0.05, 0) is 7.05 Å². The largest absolute Gasteiger partial charge is 0.383 e. The van der Waals surface area contributed by atoms with Gasteiger partial charge in [0.25, 0.3) is 0 Å². The summed E-state index contributed by atoms with van der Waals surface area (Å²) in [7, 11) is 1.71. The lowest BCUT2D eigenvalue weighted by Gasteiger charge is -2.37. The second-order valence-electron chi connectivity index (χ2n) is 4.68. The molecule has 0 bridgehead atoms. The van der Waals surface area contributed by atoms with Crippen LogP contribution in [0.3, 0.4) is 0 Å². The van der Waals surface area contributed by atoms with Crippen LogP contribution in [-0.2, 0) is 0 Å². The molecule has 0 aromatic carbocycles. The van der Waals surface area contributed by atoms with E-state index >= 15 is 0 Å². The van der Waals surface area contributed by atoms with Crippen LogP contribution in [0.4, 0.5) is 26.3 Å². The summed E-state index contributed by atoms with van der Waals surface area (Å²) in [6, 6.07) is 0. The van der Waals surface area contributed by atoms with E-state index in [2.05, 4.69) is 0 Å². The Labute approximate surface area is 110 Å². The van der Waals surface area contributed by atoms with Crippen LogP contribution in [0.25, 0.3) is 0 Å². The quantitative estimate of drug-likeness (QED) is 0.687. The predicted molar refractivity (Wildman–Crippen MR) is 56.8 cm³/mol. The van der Waals surface area contributed by atoms with E-state index in [1.54, 1.807) is 11.9 Å². The number of hydrogen-bond donors (Lipinski definition) is 0. The van der Waals surface area contributed by atoms with Crippen molar-refractivity contribution in [2.24, 2.45) is 0 Å². The van der Waals surface area contributed by atoms with Gasteiger partial charge in [-0.2, -0.15) is 26.3 Å². The third-order valence-corrected chi connectivity index (χ3v) is 3.81. The maximum Gasteiger partial charge on any atom is 0.383 e. The smallest absolute Gasteiger partial charge is 0.366 e. The highest BCUT2D eigenvalue weighted by atomic mass is 35.5. The molecular formula is C10H11ClF6N2. The van der Waals surface area contributed by atoms with E-state index < -0.39 is 28.5 Å². The average Bonchev–Trinajstić information content (AvgIpc) is 2.38. The van der Waals surface area contributed by atoms with Gasteiger partial charge >= 0.3 is 17.8 Å². The third-order valence-electron chi connectivity index (χ3n) is 3.39. The van der Waals surface area contributed by atoms with E-state index in [9.17, 15) is 26.3 Å². The molecule has 1 aliphatic heterocycles. The van der Waals surface area contributed by atoms with Crippen LogP contribution >= 0.6 is 11.6 Å². The van der Waals surface area contributed by atoms with E-state index in [-0.39, 0.29) is 13.1 Å². The van der Waals surface area contributed by atoms with Gasteiger partial charge in [-0.1, -0.05) is 11.6 Å². The van der Waals surface area contributed by atoms with Crippen LogP contribution in [0, 0.1) is 0 Å². The van der Waals surface area contributed by atoms with Gasteiger partial charge in [0.2, 0.25) is 0 Å². The molecule has 9 heteroatoms. The molecule has 0 amide bonds.